The van der Waals surface area contributed by atoms with Gasteiger partial charge in [-0.2, -0.15) is 0 Å². The molecule has 0 spiro atoms. The number of guanidine groups is 1. The lowest BCUT2D eigenvalue weighted by molar-refractivity contribution is 0.982. The second kappa shape index (κ2) is 5.37. The van der Waals surface area contributed by atoms with E-state index in [4.69, 9.17) is 11.5 Å². The van der Waals surface area contributed by atoms with Crippen molar-refractivity contribution in [3.63, 3.8) is 0 Å². The molecule has 0 aromatic carbocycles. The second-order valence-corrected chi connectivity index (χ2v) is 2.06. The van der Waals surface area contributed by atoms with E-state index in [0.717, 1.165) is 5.69 Å². The van der Waals surface area contributed by atoms with Gasteiger partial charge in [-0.1, -0.05) is 6.07 Å². The summed E-state index contributed by atoms with van der Waals surface area (Å²) >= 11 is 0. The number of hydrogen-bond acceptors (Lipinski definition) is 2. The molecule has 1 heterocycles. The summed E-state index contributed by atoms with van der Waals surface area (Å²) in [6, 6.07) is 5.61. The van der Waals surface area contributed by atoms with Gasteiger partial charge in [0.2, 0.25) is 0 Å². The van der Waals surface area contributed by atoms with Gasteiger partial charge in [0.1, 0.15) is 0 Å². The number of aromatic nitrogens is 1. The van der Waals surface area contributed by atoms with Crippen molar-refractivity contribution in [1.29, 1.82) is 0 Å². The van der Waals surface area contributed by atoms with Crippen LogP contribution in [-0.4, -0.2) is 10.9 Å². The van der Waals surface area contributed by atoms with Crippen LogP contribution in [0.1, 0.15) is 5.69 Å². The van der Waals surface area contributed by atoms with Gasteiger partial charge in [0.15, 0.2) is 5.96 Å². The zero-order valence-corrected chi connectivity index (χ0v) is 7.29. The highest BCUT2D eigenvalue weighted by molar-refractivity contribution is 5.85. The topological polar surface area (TPSA) is 77.3 Å². The maximum absolute atomic E-state index is 5.14. The van der Waals surface area contributed by atoms with Gasteiger partial charge < -0.3 is 11.5 Å². The normalized spacial score (nSPS) is 8.33. The minimum atomic E-state index is 0. The third kappa shape index (κ3) is 3.78. The average Bonchev–Trinajstić information content (AvgIpc) is 2.03. The van der Waals surface area contributed by atoms with Gasteiger partial charge in [0.25, 0.3) is 0 Å². The van der Waals surface area contributed by atoms with E-state index >= 15 is 0 Å². The average molecular weight is 187 g/mol. The summed E-state index contributed by atoms with van der Waals surface area (Å²) in [5, 5.41) is 0. The van der Waals surface area contributed by atoms with E-state index in [1.807, 2.05) is 18.2 Å². The molecular formula is C7H11ClN4. The summed E-state index contributed by atoms with van der Waals surface area (Å²) in [4.78, 5) is 7.84. The Morgan fingerprint density at radius 2 is 2.17 bits per heavy atom. The van der Waals surface area contributed by atoms with Crippen molar-refractivity contribution in [3.8, 4) is 0 Å². The maximum atomic E-state index is 5.14. The van der Waals surface area contributed by atoms with Gasteiger partial charge in [-0.05, 0) is 12.1 Å². The zero-order valence-electron chi connectivity index (χ0n) is 6.47. The molecule has 0 amide bonds. The molecule has 0 saturated heterocycles. The minimum Gasteiger partial charge on any atom is -0.370 e. The first-order valence-corrected chi connectivity index (χ1v) is 3.24. The lowest BCUT2D eigenvalue weighted by Gasteiger charge is -1.93. The summed E-state index contributed by atoms with van der Waals surface area (Å²) in [6.45, 7) is 0.448. The molecule has 4 N–H and O–H groups in total. The Morgan fingerprint density at radius 3 is 2.67 bits per heavy atom. The predicted octanol–water partition coefficient (Wildman–Crippen LogP) is 0.277. The molecule has 0 unspecified atom stereocenters. The van der Waals surface area contributed by atoms with Crippen LogP contribution in [-0.2, 0) is 6.54 Å². The maximum Gasteiger partial charge on any atom is 0.186 e. The van der Waals surface area contributed by atoms with Crippen molar-refractivity contribution in [3.05, 3.63) is 30.1 Å². The van der Waals surface area contributed by atoms with E-state index in [2.05, 4.69) is 9.98 Å². The van der Waals surface area contributed by atoms with Crippen LogP contribution in [0, 0.1) is 0 Å². The fourth-order valence-corrected chi connectivity index (χ4v) is 0.664. The molecule has 0 aliphatic rings. The summed E-state index contributed by atoms with van der Waals surface area (Å²) in [5.41, 5.74) is 11.1. The van der Waals surface area contributed by atoms with E-state index in [1.165, 1.54) is 0 Å². The molecule has 0 saturated carbocycles. The molecule has 1 aromatic heterocycles. The molecule has 66 valence electrons. The van der Waals surface area contributed by atoms with E-state index in [9.17, 15) is 0 Å². The van der Waals surface area contributed by atoms with E-state index < -0.39 is 0 Å². The zero-order chi connectivity index (χ0) is 8.10. The van der Waals surface area contributed by atoms with E-state index in [0.29, 0.717) is 6.54 Å². The molecule has 0 bridgehead atoms. The summed E-state index contributed by atoms with van der Waals surface area (Å²) in [6.07, 6.45) is 1.71. The summed E-state index contributed by atoms with van der Waals surface area (Å²) in [7, 11) is 0. The van der Waals surface area contributed by atoms with Crippen LogP contribution < -0.4 is 11.5 Å². The standard InChI is InChI=1S/C7H10N4.ClH/c8-7(9)11-5-6-3-1-2-4-10-6;/h1-4H,5H2,(H4,8,9,11);1H. The van der Waals surface area contributed by atoms with Crippen molar-refractivity contribution in [2.75, 3.05) is 0 Å². The number of nitrogens with two attached hydrogens (primary N) is 2. The van der Waals surface area contributed by atoms with Crippen LogP contribution in [0.3, 0.4) is 0 Å². The Kier molecular flexibility index (Phi) is 4.79. The van der Waals surface area contributed by atoms with E-state index in [1.54, 1.807) is 6.20 Å². The molecule has 1 rings (SSSR count). The van der Waals surface area contributed by atoms with Crippen LogP contribution in [0.4, 0.5) is 0 Å². The fourth-order valence-electron chi connectivity index (χ4n) is 0.664. The van der Waals surface area contributed by atoms with Crippen molar-refractivity contribution >= 4 is 18.4 Å². The number of hydrogen-bond donors (Lipinski definition) is 2. The van der Waals surface area contributed by atoms with Crippen LogP contribution in [0.5, 0.6) is 0 Å². The molecule has 0 fully saturated rings. The van der Waals surface area contributed by atoms with Crippen LogP contribution in [0.15, 0.2) is 29.4 Å². The van der Waals surface area contributed by atoms with Crippen molar-refractivity contribution in [2.45, 2.75) is 6.54 Å². The highest BCUT2D eigenvalue weighted by Crippen LogP contribution is 1.93. The van der Waals surface area contributed by atoms with Crippen LogP contribution >= 0.6 is 12.4 Å². The summed E-state index contributed by atoms with van der Waals surface area (Å²) < 4.78 is 0. The Morgan fingerprint density at radius 1 is 1.42 bits per heavy atom. The monoisotopic (exact) mass is 186 g/mol. The molecule has 4 nitrogen and oxygen atoms in total. The quantitative estimate of drug-likeness (QED) is 0.515. The first-order valence-electron chi connectivity index (χ1n) is 3.24. The van der Waals surface area contributed by atoms with Gasteiger partial charge >= 0.3 is 0 Å². The Labute approximate surface area is 77.1 Å². The Bertz CT molecular complexity index is 243. The highest BCUT2D eigenvalue weighted by Gasteiger charge is 1.88. The highest BCUT2D eigenvalue weighted by atomic mass is 35.5. The first-order chi connectivity index (χ1) is 5.29. The number of nitrogens with zero attached hydrogens (tertiary/aromatic N) is 2. The predicted molar refractivity (Wildman–Crippen MR) is 51.0 cm³/mol. The van der Waals surface area contributed by atoms with Gasteiger partial charge in [-0.15, -0.1) is 12.4 Å². The van der Waals surface area contributed by atoms with Gasteiger partial charge in [-0.25, -0.2) is 4.99 Å². The number of rotatable bonds is 2. The smallest absolute Gasteiger partial charge is 0.186 e. The van der Waals surface area contributed by atoms with Crippen molar-refractivity contribution in [1.82, 2.24) is 4.98 Å². The SMILES string of the molecule is Cl.NC(N)=NCc1ccccn1. The van der Waals surface area contributed by atoms with Crippen molar-refractivity contribution in [2.24, 2.45) is 16.5 Å². The van der Waals surface area contributed by atoms with Gasteiger partial charge in [-0.3, -0.25) is 4.98 Å². The number of pyridine rings is 1. The lowest BCUT2D eigenvalue weighted by Crippen LogP contribution is -2.22. The lowest BCUT2D eigenvalue weighted by atomic mass is 10.3. The van der Waals surface area contributed by atoms with Gasteiger partial charge in [0, 0.05) is 6.20 Å². The fraction of sp³-hybridized carbons (Fsp3) is 0.143. The van der Waals surface area contributed by atoms with Crippen LogP contribution in [0.2, 0.25) is 0 Å². The molecule has 1 aromatic rings. The minimum absolute atomic E-state index is 0. The largest absolute Gasteiger partial charge is 0.370 e. The van der Waals surface area contributed by atoms with Crippen LogP contribution in [0.25, 0.3) is 0 Å². The molecule has 12 heavy (non-hydrogen) atoms. The Balaban J connectivity index is 0.00000121. The number of halogens is 1. The third-order valence-corrected chi connectivity index (χ3v) is 1.15. The molecular weight excluding hydrogens is 176 g/mol. The molecule has 0 radical (unpaired) electrons. The molecule has 0 aliphatic carbocycles. The Hall–Kier alpha value is -1.29. The summed E-state index contributed by atoms with van der Waals surface area (Å²) in [5.74, 6) is 0.0932. The molecule has 5 heteroatoms. The van der Waals surface area contributed by atoms with E-state index in [-0.39, 0.29) is 18.4 Å². The third-order valence-electron chi connectivity index (χ3n) is 1.15. The number of aliphatic imine (C=N–C) groups is 1. The van der Waals surface area contributed by atoms with Gasteiger partial charge in [0.05, 0.1) is 12.2 Å². The molecule has 0 atom stereocenters. The molecule has 0 aliphatic heterocycles. The first kappa shape index (κ1) is 10.7. The second-order valence-electron chi connectivity index (χ2n) is 2.06. The van der Waals surface area contributed by atoms with Crippen molar-refractivity contribution < 1.29 is 0 Å².